The Kier molecular flexibility index (Phi) is 3.80. The van der Waals surface area contributed by atoms with Gasteiger partial charge in [0.2, 0.25) is 0 Å². The zero-order chi connectivity index (χ0) is 16.6. The van der Waals surface area contributed by atoms with Crippen molar-refractivity contribution in [2.24, 2.45) is 5.73 Å². The SMILES string of the molecule is Cc1c(C(=O)Nc2ccccc2C(N)=O)oc2ccc(Cl)cc12. The standard InChI is InChI=1S/C17H13ClN2O3/c1-9-12-8-10(18)6-7-14(12)23-15(9)17(22)20-13-5-3-2-4-11(13)16(19)21/h2-8H,1H3,(H2,19,21)(H,20,22). The van der Waals surface area contributed by atoms with Crippen molar-refractivity contribution in [3.8, 4) is 0 Å². The molecule has 0 bridgehead atoms. The van der Waals surface area contributed by atoms with E-state index in [2.05, 4.69) is 5.32 Å². The highest BCUT2D eigenvalue weighted by Crippen LogP contribution is 2.28. The smallest absolute Gasteiger partial charge is 0.291 e. The van der Waals surface area contributed by atoms with Crippen molar-refractivity contribution in [2.45, 2.75) is 6.92 Å². The maximum atomic E-state index is 12.5. The van der Waals surface area contributed by atoms with Gasteiger partial charge in [-0.2, -0.15) is 0 Å². The zero-order valence-electron chi connectivity index (χ0n) is 12.2. The molecule has 2 amide bonds. The molecule has 0 saturated carbocycles. The zero-order valence-corrected chi connectivity index (χ0v) is 13.0. The first-order chi connectivity index (χ1) is 11.0. The molecule has 6 heteroatoms. The quantitative estimate of drug-likeness (QED) is 0.767. The molecular formula is C17H13ClN2O3. The third kappa shape index (κ3) is 2.78. The molecule has 3 aromatic rings. The van der Waals surface area contributed by atoms with Crippen LogP contribution in [0.5, 0.6) is 0 Å². The van der Waals surface area contributed by atoms with Gasteiger partial charge in [-0.3, -0.25) is 9.59 Å². The number of benzene rings is 2. The van der Waals surface area contributed by atoms with Crippen molar-refractivity contribution in [1.29, 1.82) is 0 Å². The normalized spacial score (nSPS) is 10.7. The van der Waals surface area contributed by atoms with Gasteiger partial charge < -0.3 is 15.5 Å². The van der Waals surface area contributed by atoms with E-state index >= 15 is 0 Å². The number of rotatable bonds is 3. The third-order valence-electron chi connectivity index (χ3n) is 3.55. The number of carbonyl (C=O) groups excluding carboxylic acids is 2. The topological polar surface area (TPSA) is 85.3 Å². The summed E-state index contributed by atoms with van der Waals surface area (Å²) in [4.78, 5) is 23.9. The van der Waals surface area contributed by atoms with Gasteiger partial charge in [0.25, 0.3) is 11.8 Å². The third-order valence-corrected chi connectivity index (χ3v) is 3.78. The van der Waals surface area contributed by atoms with Crippen LogP contribution in [0.25, 0.3) is 11.0 Å². The molecule has 0 fully saturated rings. The highest BCUT2D eigenvalue weighted by Gasteiger charge is 2.19. The number of nitrogens with one attached hydrogen (secondary N) is 1. The lowest BCUT2D eigenvalue weighted by molar-refractivity contribution is 0.0998. The number of halogens is 1. The maximum absolute atomic E-state index is 12.5. The highest BCUT2D eigenvalue weighted by atomic mass is 35.5. The van der Waals surface area contributed by atoms with Crippen LogP contribution in [0.15, 0.2) is 46.9 Å². The number of primary amides is 1. The number of furan rings is 1. The molecule has 0 radical (unpaired) electrons. The van der Waals surface area contributed by atoms with Crippen LogP contribution in [0.1, 0.15) is 26.5 Å². The van der Waals surface area contributed by atoms with Crippen molar-refractivity contribution in [3.63, 3.8) is 0 Å². The fourth-order valence-corrected chi connectivity index (χ4v) is 2.57. The molecule has 3 N–H and O–H groups in total. The van der Waals surface area contributed by atoms with E-state index in [1.807, 2.05) is 0 Å². The Morgan fingerprint density at radius 2 is 1.91 bits per heavy atom. The molecule has 0 aliphatic rings. The number of anilines is 1. The predicted molar refractivity (Wildman–Crippen MR) is 88.9 cm³/mol. The van der Waals surface area contributed by atoms with Gasteiger partial charge in [-0.25, -0.2) is 0 Å². The van der Waals surface area contributed by atoms with Crippen LogP contribution in [0, 0.1) is 6.92 Å². The van der Waals surface area contributed by atoms with Crippen LogP contribution in [0.2, 0.25) is 5.02 Å². The lowest BCUT2D eigenvalue weighted by Gasteiger charge is -2.07. The average molecular weight is 329 g/mol. The number of nitrogens with two attached hydrogens (primary N) is 1. The Morgan fingerprint density at radius 3 is 2.65 bits per heavy atom. The molecule has 0 spiro atoms. The molecular weight excluding hydrogens is 316 g/mol. The molecule has 0 unspecified atom stereocenters. The van der Waals surface area contributed by atoms with Gasteiger partial charge in [0.1, 0.15) is 5.58 Å². The lowest BCUT2D eigenvalue weighted by Crippen LogP contribution is -2.18. The summed E-state index contributed by atoms with van der Waals surface area (Å²) in [5.74, 6) is -0.904. The predicted octanol–water partition coefficient (Wildman–Crippen LogP) is 3.75. The van der Waals surface area contributed by atoms with Crippen molar-refractivity contribution in [2.75, 3.05) is 5.32 Å². The van der Waals surface area contributed by atoms with Crippen LogP contribution < -0.4 is 11.1 Å². The van der Waals surface area contributed by atoms with Gasteiger partial charge in [0.05, 0.1) is 11.3 Å². The Labute approximate surface area is 137 Å². The van der Waals surface area contributed by atoms with Crippen LogP contribution in [0.4, 0.5) is 5.69 Å². The van der Waals surface area contributed by atoms with Crippen molar-refractivity contribution in [1.82, 2.24) is 0 Å². The highest BCUT2D eigenvalue weighted by molar-refractivity contribution is 6.31. The van der Waals surface area contributed by atoms with Crippen LogP contribution in [-0.4, -0.2) is 11.8 Å². The summed E-state index contributed by atoms with van der Waals surface area (Å²) in [6.07, 6.45) is 0. The summed E-state index contributed by atoms with van der Waals surface area (Å²) in [6, 6.07) is 11.7. The minimum absolute atomic E-state index is 0.168. The molecule has 0 saturated heterocycles. The Bertz CT molecular complexity index is 931. The summed E-state index contributed by atoms with van der Waals surface area (Å²) in [5, 5.41) is 3.99. The number of hydrogen-bond acceptors (Lipinski definition) is 3. The summed E-state index contributed by atoms with van der Waals surface area (Å²) in [6.45, 7) is 1.77. The van der Waals surface area contributed by atoms with Gasteiger partial charge in [-0.15, -0.1) is 0 Å². The first kappa shape index (κ1) is 15.1. The van der Waals surface area contributed by atoms with Crippen LogP contribution in [-0.2, 0) is 0 Å². The van der Waals surface area contributed by atoms with E-state index in [1.165, 1.54) is 0 Å². The van der Waals surface area contributed by atoms with Crippen molar-refractivity contribution in [3.05, 3.63) is 64.4 Å². The lowest BCUT2D eigenvalue weighted by atomic mass is 10.1. The fourth-order valence-electron chi connectivity index (χ4n) is 2.40. The largest absolute Gasteiger partial charge is 0.451 e. The second-order valence-electron chi connectivity index (χ2n) is 5.06. The number of fused-ring (bicyclic) bond motifs is 1. The number of aryl methyl sites for hydroxylation is 1. The second kappa shape index (κ2) is 5.78. The van der Waals surface area contributed by atoms with Gasteiger partial charge >= 0.3 is 0 Å². The minimum Gasteiger partial charge on any atom is -0.451 e. The van der Waals surface area contributed by atoms with Gasteiger partial charge in [0, 0.05) is 16.0 Å². The second-order valence-corrected chi connectivity index (χ2v) is 5.50. The van der Waals surface area contributed by atoms with E-state index in [-0.39, 0.29) is 11.3 Å². The molecule has 1 heterocycles. The molecule has 116 valence electrons. The first-order valence-electron chi connectivity index (χ1n) is 6.86. The molecule has 0 aliphatic heterocycles. The van der Waals surface area contributed by atoms with Crippen molar-refractivity contribution < 1.29 is 14.0 Å². The van der Waals surface area contributed by atoms with E-state index in [0.29, 0.717) is 21.9 Å². The minimum atomic E-state index is -0.617. The Hall–Kier alpha value is -2.79. The average Bonchev–Trinajstić information content (AvgIpc) is 2.84. The summed E-state index contributed by atoms with van der Waals surface area (Å²) < 4.78 is 5.60. The summed E-state index contributed by atoms with van der Waals surface area (Å²) in [5.41, 5.74) is 7.13. The number of hydrogen-bond donors (Lipinski definition) is 2. The number of carbonyl (C=O) groups is 2. The molecule has 0 atom stereocenters. The van der Waals surface area contributed by atoms with Crippen LogP contribution >= 0.6 is 11.6 Å². The summed E-state index contributed by atoms with van der Waals surface area (Å²) >= 11 is 5.97. The molecule has 3 rings (SSSR count). The molecule has 1 aromatic heterocycles. The first-order valence-corrected chi connectivity index (χ1v) is 7.24. The van der Waals surface area contributed by atoms with E-state index in [9.17, 15) is 9.59 Å². The van der Waals surface area contributed by atoms with E-state index < -0.39 is 11.8 Å². The molecule has 5 nitrogen and oxygen atoms in total. The maximum Gasteiger partial charge on any atom is 0.291 e. The van der Waals surface area contributed by atoms with E-state index in [0.717, 1.165) is 5.39 Å². The monoisotopic (exact) mass is 328 g/mol. The molecule has 2 aromatic carbocycles. The number of para-hydroxylation sites is 1. The van der Waals surface area contributed by atoms with E-state index in [4.69, 9.17) is 21.8 Å². The van der Waals surface area contributed by atoms with Gasteiger partial charge in [-0.05, 0) is 37.3 Å². The Morgan fingerprint density at radius 1 is 1.17 bits per heavy atom. The summed E-state index contributed by atoms with van der Waals surface area (Å²) in [7, 11) is 0. The fraction of sp³-hybridized carbons (Fsp3) is 0.0588. The van der Waals surface area contributed by atoms with E-state index in [1.54, 1.807) is 49.4 Å². The van der Waals surface area contributed by atoms with Crippen molar-refractivity contribution >= 4 is 40.1 Å². The van der Waals surface area contributed by atoms with Crippen LogP contribution in [0.3, 0.4) is 0 Å². The molecule has 23 heavy (non-hydrogen) atoms. The Balaban J connectivity index is 1.99. The molecule has 0 aliphatic carbocycles. The van der Waals surface area contributed by atoms with Gasteiger partial charge in [0.15, 0.2) is 5.76 Å². The van der Waals surface area contributed by atoms with Gasteiger partial charge in [-0.1, -0.05) is 23.7 Å². The number of amides is 2.